The number of nitriles is 1. The predicted molar refractivity (Wildman–Crippen MR) is 78.5 cm³/mol. The highest BCUT2D eigenvalue weighted by molar-refractivity contribution is 7.18. The summed E-state index contributed by atoms with van der Waals surface area (Å²) in [5.74, 6) is -1.68. The minimum absolute atomic E-state index is 0.0557. The van der Waals surface area contributed by atoms with Crippen LogP contribution in [0, 0.1) is 11.3 Å². The molecule has 0 unspecified atom stereocenters. The molecule has 0 aliphatic carbocycles. The zero-order valence-corrected chi connectivity index (χ0v) is 13.0. The Morgan fingerprint density at radius 2 is 2.21 bits per heavy atom. The molecule has 1 aromatic heterocycles. The molecule has 0 spiro atoms. The van der Waals surface area contributed by atoms with Gasteiger partial charge in [0, 0.05) is 0 Å². The predicted octanol–water partition coefficient (Wildman–Crippen LogP) is 2.91. The van der Waals surface area contributed by atoms with Gasteiger partial charge in [0.25, 0.3) is 0 Å². The Morgan fingerprint density at radius 3 is 2.83 bits per heavy atom. The van der Waals surface area contributed by atoms with Gasteiger partial charge in [-0.1, -0.05) is 0 Å². The number of carbonyl (C=O) groups excluding carboxylic acids is 1. The molecule has 0 saturated carbocycles. The van der Waals surface area contributed by atoms with E-state index in [1.807, 2.05) is 6.07 Å². The molecule has 1 aromatic carbocycles. The summed E-state index contributed by atoms with van der Waals surface area (Å²) in [4.78, 5) is 16.4. The van der Waals surface area contributed by atoms with Gasteiger partial charge in [0.05, 0.1) is 41.7 Å². The van der Waals surface area contributed by atoms with Gasteiger partial charge in [-0.25, -0.2) is 4.98 Å². The van der Waals surface area contributed by atoms with Gasteiger partial charge in [0.1, 0.15) is 11.1 Å². The zero-order valence-electron chi connectivity index (χ0n) is 12.2. The number of ether oxygens (including phenoxy) is 2. The highest BCUT2D eigenvalue weighted by Crippen LogP contribution is 2.34. The SMILES string of the molecule is N#C[C@H](C(=O)[C@H]1COCCO1)c1nc2cc(C(F)(F)F)ccc2s1. The van der Waals surface area contributed by atoms with Gasteiger partial charge < -0.3 is 9.47 Å². The van der Waals surface area contributed by atoms with Crippen LogP contribution in [-0.2, 0) is 20.4 Å². The van der Waals surface area contributed by atoms with Gasteiger partial charge >= 0.3 is 6.18 Å². The number of hydrogen-bond acceptors (Lipinski definition) is 6. The van der Waals surface area contributed by atoms with E-state index in [0.29, 0.717) is 11.3 Å². The lowest BCUT2D eigenvalue weighted by Crippen LogP contribution is -2.38. The first-order valence-electron chi connectivity index (χ1n) is 7.00. The first kappa shape index (κ1) is 16.8. The number of halogens is 3. The first-order valence-corrected chi connectivity index (χ1v) is 7.82. The van der Waals surface area contributed by atoms with E-state index in [4.69, 9.17) is 9.47 Å². The Morgan fingerprint density at radius 1 is 1.42 bits per heavy atom. The lowest BCUT2D eigenvalue weighted by atomic mass is 10.0. The molecule has 0 radical (unpaired) electrons. The molecule has 2 atom stereocenters. The standard InChI is InChI=1S/C15H11F3N2O3S/c16-15(17,18)8-1-2-12-10(5-8)20-14(24-12)9(6-19)13(21)11-7-22-3-4-23-11/h1-2,5,9,11H,3-4,7H2/t9-,11-/m1/s1. The van der Waals surface area contributed by atoms with Crippen molar-refractivity contribution in [1.29, 1.82) is 5.26 Å². The van der Waals surface area contributed by atoms with Gasteiger partial charge in [-0.05, 0) is 18.2 Å². The van der Waals surface area contributed by atoms with Crippen molar-refractivity contribution >= 4 is 27.3 Å². The number of fused-ring (bicyclic) bond motifs is 1. The summed E-state index contributed by atoms with van der Waals surface area (Å²) < 4.78 is 49.2. The quantitative estimate of drug-likeness (QED) is 0.846. The van der Waals surface area contributed by atoms with Crippen LogP contribution in [-0.4, -0.2) is 36.7 Å². The normalized spacial score (nSPS) is 19.8. The Balaban J connectivity index is 1.92. The summed E-state index contributed by atoms with van der Waals surface area (Å²) in [7, 11) is 0. The number of thiazole rings is 1. The second-order valence-corrected chi connectivity index (χ2v) is 6.19. The van der Waals surface area contributed by atoms with Crippen molar-refractivity contribution in [2.24, 2.45) is 0 Å². The van der Waals surface area contributed by atoms with Crippen LogP contribution < -0.4 is 0 Å². The molecular weight excluding hydrogens is 345 g/mol. The number of Topliss-reactive ketones (excluding diaryl/α,β-unsaturated/α-hetero) is 1. The molecule has 1 aliphatic rings. The lowest BCUT2D eigenvalue weighted by Gasteiger charge is -2.22. The van der Waals surface area contributed by atoms with E-state index in [1.54, 1.807) is 0 Å². The van der Waals surface area contributed by atoms with E-state index in [-0.39, 0.29) is 23.7 Å². The van der Waals surface area contributed by atoms with Crippen LogP contribution in [0.15, 0.2) is 18.2 Å². The minimum atomic E-state index is -4.48. The molecule has 2 aromatic rings. The van der Waals surface area contributed by atoms with Crippen LogP contribution in [0.1, 0.15) is 16.5 Å². The smallest absolute Gasteiger partial charge is 0.376 e. The summed E-state index contributed by atoms with van der Waals surface area (Å²) in [6.07, 6.45) is -5.34. The fraction of sp³-hybridized carbons (Fsp3) is 0.400. The van der Waals surface area contributed by atoms with Crippen molar-refractivity contribution in [1.82, 2.24) is 4.98 Å². The monoisotopic (exact) mass is 356 g/mol. The summed E-state index contributed by atoms with van der Waals surface area (Å²) >= 11 is 1.02. The average molecular weight is 356 g/mol. The molecule has 126 valence electrons. The third-order valence-electron chi connectivity index (χ3n) is 3.53. The number of rotatable bonds is 3. The van der Waals surface area contributed by atoms with Crippen LogP contribution >= 0.6 is 11.3 Å². The van der Waals surface area contributed by atoms with Crippen molar-refractivity contribution < 1.29 is 27.4 Å². The number of aromatic nitrogens is 1. The summed E-state index contributed by atoms with van der Waals surface area (Å²) in [6.45, 7) is 0.686. The molecule has 24 heavy (non-hydrogen) atoms. The summed E-state index contributed by atoms with van der Waals surface area (Å²) in [5, 5.41) is 9.47. The largest absolute Gasteiger partial charge is 0.416 e. The molecule has 0 N–H and O–H groups in total. The Bertz CT molecular complexity index is 806. The second-order valence-electron chi connectivity index (χ2n) is 5.13. The number of hydrogen-bond donors (Lipinski definition) is 0. The first-order chi connectivity index (χ1) is 11.4. The van der Waals surface area contributed by atoms with E-state index in [2.05, 4.69) is 4.98 Å². The number of nitrogens with zero attached hydrogens (tertiary/aromatic N) is 2. The van der Waals surface area contributed by atoms with E-state index in [0.717, 1.165) is 23.5 Å². The Kier molecular flexibility index (Phi) is 4.54. The second kappa shape index (κ2) is 6.47. The zero-order chi connectivity index (χ0) is 17.3. The molecule has 3 rings (SSSR count). The van der Waals surface area contributed by atoms with Crippen molar-refractivity contribution in [2.75, 3.05) is 19.8 Å². The number of carbonyl (C=O) groups is 1. The molecule has 1 aliphatic heterocycles. The van der Waals surface area contributed by atoms with Gasteiger partial charge in [-0.15, -0.1) is 11.3 Å². The van der Waals surface area contributed by atoms with E-state index < -0.39 is 29.5 Å². The number of ketones is 1. The molecular formula is C15H11F3N2O3S. The minimum Gasteiger partial charge on any atom is -0.376 e. The highest BCUT2D eigenvalue weighted by atomic mass is 32.1. The number of benzene rings is 1. The Hall–Kier alpha value is -2.02. The fourth-order valence-electron chi connectivity index (χ4n) is 2.32. The molecule has 0 amide bonds. The van der Waals surface area contributed by atoms with Crippen LogP contribution in [0.2, 0.25) is 0 Å². The molecule has 0 bridgehead atoms. The van der Waals surface area contributed by atoms with Crippen molar-refractivity contribution in [3.8, 4) is 6.07 Å². The van der Waals surface area contributed by atoms with E-state index >= 15 is 0 Å². The molecule has 5 nitrogen and oxygen atoms in total. The molecule has 9 heteroatoms. The van der Waals surface area contributed by atoms with Crippen LogP contribution in [0.3, 0.4) is 0 Å². The van der Waals surface area contributed by atoms with E-state index in [9.17, 15) is 23.2 Å². The van der Waals surface area contributed by atoms with Crippen LogP contribution in [0.25, 0.3) is 10.2 Å². The van der Waals surface area contributed by atoms with E-state index in [1.165, 1.54) is 6.07 Å². The van der Waals surface area contributed by atoms with Crippen molar-refractivity contribution in [3.63, 3.8) is 0 Å². The third-order valence-corrected chi connectivity index (χ3v) is 4.63. The van der Waals surface area contributed by atoms with Crippen molar-refractivity contribution in [2.45, 2.75) is 18.2 Å². The van der Waals surface area contributed by atoms with Crippen molar-refractivity contribution in [3.05, 3.63) is 28.8 Å². The van der Waals surface area contributed by atoms with Gasteiger partial charge in [0.2, 0.25) is 0 Å². The molecule has 1 saturated heterocycles. The Labute approximate surface area is 138 Å². The summed E-state index contributed by atoms with van der Waals surface area (Å²) in [6, 6.07) is 5.01. The maximum atomic E-state index is 12.8. The summed E-state index contributed by atoms with van der Waals surface area (Å²) in [5.41, 5.74) is -0.714. The van der Waals surface area contributed by atoms with Gasteiger partial charge in [-0.2, -0.15) is 18.4 Å². The molecule has 1 fully saturated rings. The van der Waals surface area contributed by atoms with Crippen LogP contribution in [0.4, 0.5) is 13.2 Å². The maximum Gasteiger partial charge on any atom is 0.416 e. The topological polar surface area (TPSA) is 72.2 Å². The lowest BCUT2D eigenvalue weighted by molar-refractivity contribution is -0.145. The van der Waals surface area contributed by atoms with Crippen LogP contribution in [0.5, 0.6) is 0 Å². The number of alkyl halides is 3. The third kappa shape index (κ3) is 3.26. The molecule has 2 heterocycles. The fourth-order valence-corrected chi connectivity index (χ4v) is 3.32. The van der Waals surface area contributed by atoms with Gasteiger partial charge in [-0.3, -0.25) is 4.79 Å². The maximum absolute atomic E-state index is 12.8. The van der Waals surface area contributed by atoms with Gasteiger partial charge in [0.15, 0.2) is 11.7 Å². The highest BCUT2D eigenvalue weighted by Gasteiger charge is 2.34. The average Bonchev–Trinajstić information content (AvgIpc) is 2.98.